The van der Waals surface area contributed by atoms with E-state index in [-0.39, 0.29) is 36.9 Å². The number of nitrogens with one attached hydrogen (secondary N) is 3. The lowest BCUT2D eigenvalue weighted by Crippen LogP contribution is -2.60. The summed E-state index contributed by atoms with van der Waals surface area (Å²) in [5, 5.41) is 8.38. The number of piperazine rings is 1. The van der Waals surface area contributed by atoms with Gasteiger partial charge in [0.25, 0.3) is 0 Å². The molecule has 3 N–H and O–H groups in total. The summed E-state index contributed by atoms with van der Waals surface area (Å²) in [6, 6.07) is 1.43. The molecule has 5 amide bonds. The van der Waals surface area contributed by atoms with Gasteiger partial charge in [-0.15, -0.1) is 0 Å². The maximum Gasteiger partial charge on any atom is 0.408 e. The Kier molecular flexibility index (Phi) is 10.6. The molecule has 15 heteroatoms. The van der Waals surface area contributed by atoms with Crippen LogP contribution in [-0.4, -0.2) is 117 Å². The number of amides is 5. The molecular weight excluding hydrogens is 644 g/mol. The van der Waals surface area contributed by atoms with Gasteiger partial charge in [-0.05, 0) is 98.5 Å². The molecular formula is C35H54N8O7. The molecule has 5 rings (SSSR count). The first kappa shape index (κ1) is 37.1. The van der Waals surface area contributed by atoms with Crippen LogP contribution in [0, 0.1) is 17.8 Å². The highest BCUT2D eigenvalue weighted by molar-refractivity contribution is 5.90. The second-order valence-electron chi connectivity index (χ2n) is 16.5. The number of carbonyl (C=O) groups is 4. The second-order valence-corrected chi connectivity index (χ2v) is 16.5. The quantitative estimate of drug-likeness (QED) is 0.387. The molecule has 3 heterocycles. The van der Waals surface area contributed by atoms with Crippen LogP contribution in [0.5, 0.6) is 0 Å². The fraction of sp³-hybridized carbons (Fsp3) is 0.714. The van der Waals surface area contributed by atoms with Gasteiger partial charge in [-0.25, -0.2) is 19.2 Å². The lowest BCUT2D eigenvalue weighted by Gasteiger charge is -2.38. The molecule has 3 atom stereocenters. The molecule has 2 saturated heterocycles. The van der Waals surface area contributed by atoms with E-state index >= 15 is 0 Å². The van der Waals surface area contributed by atoms with Gasteiger partial charge >= 0.3 is 23.9 Å². The van der Waals surface area contributed by atoms with E-state index in [2.05, 4.69) is 31.9 Å². The Morgan fingerprint density at radius 1 is 0.880 bits per heavy atom. The van der Waals surface area contributed by atoms with Crippen LogP contribution in [0.3, 0.4) is 0 Å². The highest BCUT2D eigenvalue weighted by Crippen LogP contribution is 2.46. The average molecular weight is 699 g/mol. The largest absolute Gasteiger partial charge is 0.444 e. The Hall–Kier alpha value is -4.14. The topological polar surface area (TPSA) is 167 Å². The maximum atomic E-state index is 13.1. The van der Waals surface area contributed by atoms with E-state index in [4.69, 9.17) is 9.47 Å². The summed E-state index contributed by atoms with van der Waals surface area (Å²) in [7, 11) is 0. The van der Waals surface area contributed by atoms with Gasteiger partial charge in [-0.3, -0.25) is 14.7 Å². The SMILES string of the molecule is CC(C)(C)OC(=O)NC1C2CN(CC3CC=C(n4ccc(NC(=O)N5CCN(C(=O)C(C)(C)NC(=O)OC(C)(C)C)CC5)nc4=O)CC3)CC21. The predicted octanol–water partition coefficient (Wildman–Crippen LogP) is 3.32. The van der Waals surface area contributed by atoms with Crippen molar-refractivity contribution in [3.8, 4) is 0 Å². The van der Waals surface area contributed by atoms with Gasteiger partial charge in [0, 0.05) is 63.7 Å². The first-order valence-corrected chi connectivity index (χ1v) is 17.7. The number of anilines is 1. The number of likely N-dealkylation sites (tertiary alicyclic amines) is 1. The summed E-state index contributed by atoms with van der Waals surface area (Å²) in [5.74, 6) is 1.37. The van der Waals surface area contributed by atoms with Crippen LogP contribution >= 0.6 is 0 Å². The fourth-order valence-electron chi connectivity index (χ4n) is 7.04. The minimum atomic E-state index is -1.18. The third-order valence-corrected chi connectivity index (χ3v) is 9.52. The zero-order chi connectivity index (χ0) is 36.6. The Labute approximate surface area is 294 Å². The molecule has 0 spiro atoms. The van der Waals surface area contributed by atoms with Crippen LogP contribution in [0.15, 0.2) is 23.1 Å². The smallest absolute Gasteiger partial charge is 0.408 e. The van der Waals surface area contributed by atoms with Crippen molar-refractivity contribution >= 4 is 35.6 Å². The third kappa shape index (κ3) is 9.55. The number of carbonyl (C=O) groups excluding carboxylic acids is 4. The minimum absolute atomic E-state index is 0.166. The van der Waals surface area contributed by atoms with Gasteiger partial charge in [-0.1, -0.05) is 6.08 Å². The molecule has 0 bridgehead atoms. The van der Waals surface area contributed by atoms with Crippen molar-refractivity contribution in [2.24, 2.45) is 17.8 Å². The molecule has 4 aliphatic rings. The second kappa shape index (κ2) is 14.2. The van der Waals surface area contributed by atoms with E-state index in [1.165, 1.54) is 0 Å². The standard InChI is InChI=1S/C35H54N8O7/c1-33(2,3)49-31(47)38-27-24-20-40(21-25(24)27)19-22-9-11-23(12-10-22)43-14-13-26(37-30(43)46)36-29(45)42-17-15-41(16-18-42)28(44)35(7,8)39-32(48)50-34(4,5)6/h11,13-14,22,24-25,27H,9-10,12,15-21H2,1-8H3,(H,38,47)(H,39,48)(H,36,37,45,46). The number of urea groups is 1. The van der Waals surface area contributed by atoms with Crippen LogP contribution in [0.25, 0.3) is 5.70 Å². The van der Waals surface area contributed by atoms with Crippen molar-refractivity contribution in [3.05, 3.63) is 28.8 Å². The Morgan fingerprint density at radius 2 is 1.48 bits per heavy atom. The summed E-state index contributed by atoms with van der Waals surface area (Å²) in [6.45, 7) is 18.2. The van der Waals surface area contributed by atoms with Crippen molar-refractivity contribution in [3.63, 3.8) is 0 Å². The van der Waals surface area contributed by atoms with Gasteiger partial charge in [0.2, 0.25) is 5.91 Å². The lowest BCUT2D eigenvalue weighted by molar-refractivity contribution is -0.138. The summed E-state index contributed by atoms with van der Waals surface area (Å²) in [6.07, 6.45) is 5.35. The number of piperidine rings is 1. The molecule has 15 nitrogen and oxygen atoms in total. The Bertz CT molecular complexity index is 1540. The molecule has 0 radical (unpaired) electrons. The summed E-state index contributed by atoms with van der Waals surface area (Å²) in [5.41, 5.74) is -1.92. The first-order chi connectivity index (χ1) is 23.3. The molecule has 276 valence electrons. The zero-order valence-electron chi connectivity index (χ0n) is 30.7. The molecule has 50 heavy (non-hydrogen) atoms. The van der Waals surface area contributed by atoms with Crippen LogP contribution in [0.2, 0.25) is 0 Å². The fourth-order valence-corrected chi connectivity index (χ4v) is 7.04. The Morgan fingerprint density at radius 3 is 2.04 bits per heavy atom. The van der Waals surface area contributed by atoms with E-state index in [0.717, 1.165) is 44.6 Å². The number of hydrogen-bond acceptors (Lipinski definition) is 9. The van der Waals surface area contributed by atoms with Crippen molar-refractivity contribution in [2.75, 3.05) is 51.1 Å². The molecule has 3 fully saturated rings. The molecule has 1 aromatic rings. The van der Waals surface area contributed by atoms with Crippen molar-refractivity contribution in [1.29, 1.82) is 0 Å². The highest BCUT2D eigenvalue weighted by Gasteiger charge is 2.56. The van der Waals surface area contributed by atoms with Crippen molar-refractivity contribution in [2.45, 2.75) is 97.4 Å². The van der Waals surface area contributed by atoms with E-state index < -0.39 is 34.6 Å². The Balaban J connectivity index is 1.04. The van der Waals surface area contributed by atoms with Gasteiger partial charge < -0.3 is 34.8 Å². The van der Waals surface area contributed by atoms with Gasteiger partial charge in [0.1, 0.15) is 22.6 Å². The first-order valence-electron chi connectivity index (χ1n) is 17.7. The lowest BCUT2D eigenvalue weighted by atomic mass is 9.92. The van der Waals surface area contributed by atoms with Gasteiger partial charge in [0.15, 0.2) is 0 Å². The van der Waals surface area contributed by atoms with Crippen LogP contribution in [0.4, 0.5) is 20.2 Å². The minimum Gasteiger partial charge on any atom is -0.444 e. The maximum absolute atomic E-state index is 13.1. The van der Waals surface area contributed by atoms with Gasteiger partial charge in [0.05, 0.1) is 0 Å². The van der Waals surface area contributed by atoms with Gasteiger partial charge in [-0.2, -0.15) is 4.98 Å². The van der Waals surface area contributed by atoms with Crippen LogP contribution < -0.4 is 21.6 Å². The van der Waals surface area contributed by atoms with E-state index in [9.17, 15) is 24.0 Å². The van der Waals surface area contributed by atoms with E-state index in [0.29, 0.717) is 30.8 Å². The van der Waals surface area contributed by atoms with Crippen molar-refractivity contribution in [1.82, 2.24) is 34.9 Å². The molecule has 1 aromatic heterocycles. The predicted molar refractivity (Wildman–Crippen MR) is 187 cm³/mol. The molecule has 3 unspecified atom stereocenters. The average Bonchev–Trinajstić information content (AvgIpc) is 3.42. The number of nitrogens with zero attached hydrogens (tertiary/aromatic N) is 5. The normalized spacial score (nSPS) is 24.1. The number of alkyl carbamates (subject to hydrolysis) is 2. The summed E-state index contributed by atoms with van der Waals surface area (Å²) >= 11 is 0. The summed E-state index contributed by atoms with van der Waals surface area (Å²) < 4.78 is 12.2. The summed E-state index contributed by atoms with van der Waals surface area (Å²) in [4.78, 5) is 73.2. The highest BCUT2D eigenvalue weighted by atomic mass is 16.6. The third-order valence-electron chi connectivity index (χ3n) is 9.52. The number of fused-ring (bicyclic) bond motifs is 1. The van der Waals surface area contributed by atoms with Crippen molar-refractivity contribution < 1.29 is 28.7 Å². The number of aromatic nitrogens is 2. The molecule has 2 aliphatic carbocycles. The molecule has 0 aromatic carbocycles. The monoisotopic (exact) mass is 698 g/mol. The molecule has 2 aliphatic heterocycles. The number of allylic oxidation sites excluding steroid dienone is 2. The molecule has 1 saturated carbocycles. The van der Waals surface area contributed by atoms with E-state index in [1.54, 1.807) is 61.2 Å². The van der Waals surface area contributed by atoms with Crippen LogP contribution in [-0.2, 0) is 14.3 Å². The number of hydrogen-bond donors (Lipinski definition) is 3. The van der Waals surface area contributed by atoms with Crippen LogP contribution in [0.1, 0.15) is 74.7 Å². The zero-order valence-corrected chi connectivity index (χ0v) is 30.7. The van der Waals surface area contributed by atoms with E-state index in [1.807, 2.05) is 20.8 Å². The number of rotatable bonds is 7. The number of ether oxygens (including phenoxy) is 2.